The summed E-state index contributed by atoms with van der Waals surface area (Å²) in [5.41, 5.74) is 0.670. The van der Waals surface area contributed by atoms with E-state index in [1.54, 1.807) is 12.1 Å². The third-order valence-electron chi connectivity index (χ3n) is 5.87. The summed E-state index contributed by atoms with van der Waals surface area (Å²) in [4.78, 5) is 14.1. The number of carbonyl (C=O) groups excluding carboxylic acids is 1. The van der Waals surface area contributed by atoms with Crippen LogP contribution in [0.3, 0.4) is 0 Å². The number of amides is 1. The van der Waals surface area contributed by atoms with E-state index in [0.29, 0.717) is 25.3 Å². The van der Waals surface area contributed by atoms with Gasteiger partial charge in [0.25, 0.3) is 0 Å². The molecule has 3 aliphatic rings. The molecule has 142 valence electrons. The van der Waals surface area contributed by atoms with Crippen molar-refractivity contribution in [3.63, 3.8) is 0 Å². The van der Waals surface area contributed by atoms with Crippen molar-refractivity contribution in [2.24, 2.45) is 17.8 Å². The van der Waals surface area contributed by atoms with Gasteiger partial charge in [-0.1, -0.05) is 18.2 Å². The number of fused-ring (bicyclic) bond motifs is 1. The molecule has 1 aromatic carbocycles. The highest BCUT2D eigenvalue weighted by Gasteiger charge is 2.49. The second kappa shape index (κ2) is 6.85. The standard InChI is InChI=1S/C19H23F3N2O2/c20-16-4-2-1-3-12(16)8-24-9-15-14(11-26-17(15)10-24)7-23-18(25)13-5-19(21,22)6-13/h1-4,13-15,17H,5-11H2,(H,23,25)/t14-,15+,17+/m0/s1. The lowest BCUT2D eigenvalue weighted by Gasteiger charge is -2.34. The summed E-state index contributed by atoms with van der Waals surface area (Å²) in [5.74, 6) is -3.26. The quantitative estimate of drug-likeness (QED) is 0.868. The molecule has 1 N–H and O–H groups in total. The number of nitrogens with one attached hydrogen (secondary N) is 1. The van der Waals surface area contributed by atoms with Crippen molar-refractivity contribution < 1.29 is 22.7 Å². The number of hydrogen-bond donors (Lipinski definition) is 1. The van der Waals surface area contributed by atoms with Gasteiger partial charge in [0.1, 0.15) is 5.82 Å². The van der Waals surface area contributed by atoms with Crippen LogP contribution in [0.4, 0.5) is 13.2 Å². The first-order valence-corrected chi connectivity index (χ1v) is 9.14. The molecule has 0 spiro atoms. The number of carbonyl (C=O) groups is 1. The number of ether oxygens (including phenoxy) is 1. The van der Waals surface area contributed by atoms with E-state index >= 15 is 0 Å². The lowest BCUT2D eigenvalue weighted by Crippen LogP contribution is -2.46. The fourth-order valence-corrected chi connectivity index (χ4v) is 4.31. The molecular weight excluding hydrogens is 345 g/mol. The van der Waals surface area contributed by atoms with Crippen LogP contribution in [0.5, 0.6) is 0 Å². The van der Waals surface area contributed by atoms with Crippen molar-refractivity contribution in [2.45, 2.75) is 31.4 Å². The summed E-state index contributed by atoms with van der Waals surface area (Å²) in [6.45, 7) is 3.11. The molecule has 1 aromatic rings. The third kappa shape index (κ3) is 3.60. The van der Waals surface area contributed by atoms with Crippen molar-refractivity contribution in [3.05, 3.63) is 35.6 Å². The van der Waals surface area contributed by atoms with Gasteiger partial charge < -0.3 is 10.1 Å². The van der Waals surface area contributed by atoms with Gasteiger partial charge in [-0.05, 0) is 6.07 Å². The molecule has 4 rings (SSSR count). The summed E-state index contributed by atoms with van der Waals surface area (Å²) in [5, 5.41) is 2.82. The topological polar surface area (TPSA) is 41.6 Å². The van der Waals surface area contributed by atoms with Crippen LogP contribution in [-0.4, -0.2) is 49.1 Å². The largest absolute Gasteiger partial charge is 0.376 e. The molecule has 2 heterocycles. The molecule has 0 radical (unpaired) electrons. The van der Waals surface area contributed by atoms with E-state index in [-0.39, 0.29) is 42.5 Å². The Kier molecular flexibility index (Phi) is 4.69. The Morgan fingerprint density at radius 3 is 2.77 bits per heavy atom. The number of rotatable bonds is 5. The van der Waals surface area contributed by atoms with Crippen molar-refractivity contribution in [1.29, 1.82) is 0 Å². The van der Waals surface area contributed by atoms with Crippen molar-refractivity contribution in [1.82, 2.24) is 10.2 Å². The van der Waals surface area contributed by atoms with Crippen LogP contribution in [0.2, 0.25) is 0 Å². The Balaban J connectivity index is 1.27. The Bertz CT molecular complexity index is 677. The zero-order valence-corrected chi connectivity index (χ0v) is 14.5. The molecular formula is C19H23F3N2O2. The van der Waals surface area contributed by atoms with Crippen LogP contribution in [0.25, 0.3) is 0 Å². The Labute approximate surface area is 150 Å². The van der Waals surface area contributed by atoms with Crippen LogP contribution < -0.4 is 5.32 Å². The van der Waals surface area contributed by atoms with E-state index in [0.717, 1.165) is 13.1 Å². The molecule has 0 unspecified atom stereocenters. The second-order valence-corrected chi connectivity index (χ2v) is 7.79. The number of benzene rings is 1. The van der Waals surface area contributed by atoms with E-state index in [4.69, 9.17) is 4.74 Å². The molecule has 4 nitrogen and oxygen atoms in total. The maximum Gasteiger partial charge on any atom is 0.249 e. The van der Waals surface area contributed by atoms with Crippen molar-refractivity contribution >= 4 is 5.91 Å². The molecule has 2 aliphatic heterocycles. The Hall–Kier alpha value is -1.60. The maximum absolute atomic E-state index is 13.8. The van der Waals surface area contributed by atoms with E-state index in [1.807, 2.05) is 6.07 Å². The van der Waals surface area contributed by atoms with E-state index < -0.39 is 11.8 Å². The smallest absolute Gasteiger partial charge is 0.249 e. The van der Waals surface area contributed by atoms with Gasteiger partial charge >= 0.3 is 0 Å². The number of alkyl halides is 2. The molecule has 1 saturated carbocycles. The number of likely N-dealkylation sites (tertiary alicyclic amines) is 1. The second-order valence-electron chi connectivity index (χ2n) is 7.79. The summed E-state index contributed by atoms with van der Waals surface area (Å²) in [6.07, 6.45) is -0.595. The average Bonchev–Trinajstić information content (AvgIpc) is 3.13. The van der Waals surface area contributed by atoms with E-state index in [1.165, 1.54) is 6.07 Å². The summed E-state index contributed by atoms with van der Waals surface area (Å²) >= 11 is 0. The lowest BCUT2D eigenvalue weighted by atomic mass is 9.80. The molecule has 1 aliphatic carbocycles. The third-order valence-corrected chi connectivity index (χ3v) is 5.87. The van der Waals surface area contributed by atoms with Gasteiger partial charge in [0.05, 0.1) is 12.7 Å². The highest BCUT2D eigenvalue weighted by Crippen LogP contribution is 2.42. The summed E-state index contributed by atoms with van der Waals surface area (Å²) < 4.78 is 45.4. The van der Waals surface area contributed by atoms with Crippen molar-refractivity contribution in [3.8, 4) is 0 Å². The molecule has 3 fully saturated rings. The van der Waals surface area contributed by atoms with Crippen LogP contribution in [0, 0.1) is 23.6 Å². The molecule has 26 heavy (non-hydrogen) atoms. The highest BCUT2D eigenvalue weighted by atomic mass is 19.3. The Morgan fingerprint density at radius 2 is 2.04 bits per heavy atom. The minimum absolute atomic E-state index is 0.0942. The van der Waals surface area contributed by atoms with Crippen LogP contribution >= 0.6 is 0 Å². The fraction of sp³-hybridized carbons (Fsp3) is 0.632. The monoisotopic (exact) mass is 368 g/mol. The van der Waals surface area contributed by atoms with Gasteiger partial charge in [0, 0.05) is 62.3 Å². The average molecular weight is 368 g/mol. The minimum atomic E-state index is -2.68. The molecule has 0 bridgehead atoms. The normalized spacial score (nSPS) is 30.8. The van der Waals surface area contributed by atoms with Gasteiger partial charge in [-0.2, -0.15) is 0 Å². The van der Waals surface area contributed by atoms with Crippen LogP contribution in [-0.2, 0) is 16.1 Å². The van der Waals surface area contributed by atoms with Gasteiger partial charge in [0.2, 0.25) is 11.8 Å². The summed E-state index contributed by atoms with van der Waals surface area (Å²) in [7, 11) is 0. The van der Waals surface area contributed by atoms with Crippen molar-refractivity contribution in [2.75, 3.05) is 26.2 Å². The number of hydrogen-bond acceptors (Lipinski definition) is 3. The first kappa shape index (κ1) is 17.8. The molecule has 1 amide bonds. The first-order chi connectivity index (χ1) is 12.4. The van der Waals surface area contributed by atoms with Crippen LogP contribution in [0.15, 0.2) is 24.3 Å². The van der Waals surface area contributed by atoms with Gasteiger partial charge in [0.15, 0.2) is 0 Å². The Morgan fingerprint density at radius 1 is 1.27 bits per heavy atom. The SMILES string of the molecule is O=C(NC[C@H]1CO[C@@H]2CN(Cc3ccccc3F)C[C@H]12)C1CC(F)(F)C1. The number of halogens is 3. The minimum Gasteiger partial charge on any atom is -0.376 e. The predicted molar refractivity (Wildman–Crippen MR) is 89.1 cm³/mol. The van der Waals surface area contributed by atoms with Gasteiger partial charge in [-0.15, -0.1) is 0 Å². The van der Waals surface area contributed by atoms with Gasteiger partial charge in [-0.25, -0.2) is 13.2 Å². The molecule has 7 heteroatoms. The van der Waals surface area contributed by atoms with Crippen LogP contribution in [0.1, 0.15) is 18.4 Å². The first-order valence-electron chi connectivity index (χ1n) is 9.14. The maximum atomic E-state index is 13.8. The fourth-order valence-electron chi connectivity index (χ4n) is 4.31. The predicted octanol–water partition coefficient (Wildman–Crippen LogP) is 2.43. The van der Waals surface area contributed by atoms with E-state index in [9.17, 15) is 18.0 Å². The van der Waals surface area contributed by atoms with E-state index in [2.05, 4.69) is 10.2 Å². The van der Waals surface area contributed by atoms with Gasteiger partial charge in [-0.3, -0.25) is 9.69 Å². The zero-order chi connectivity index (χ0) is 18.3. The summed E-state index contributed by atoms with van der Waals surface area (Å²) in [6, 6.07) is 6.76. The zero-order valence-electron chi connectivity index (χ0n) is 14.5. The molecule has 2 saturated heterocycles. The lowest BCUT2D eigenvalue weighted by molar-refractivity contribution is -0.150. The number of nitrogens with zero attached hydrogens (tertiary/aromatic N) is 1. The molecule has 3 atom stereocenters. The highest BCUT2D eigenvalue weighted by molar-refractivity contribution is 5.79. The molecule has 0 aromatic heterocycles.